The molecule has 1 unspecified atom stereocenters. The zero-order valence-corrected chi connectivity index (χ0v) is 21.2. The highest BCUT2D eigenvalue weighted by molar-refractivity contribution is 7.99. The van der Waals surface area contributed by atoms with Crippen molar-refractivity contribution >= 4 is 23.6 Å². The van der Waals surface area contributed by atoms with Gasteiger partial charge in [-0.05, 0) is 49.6 Å². The molecule has 1 aromatic heterocycles. The summed E-state index contributed by atoms with van der Waals surface area (Å²) in [4.78, 5) is 29.6. The number of rotatable bonds is 8. The fraction of sp³-hybridized carbons (Fsp3) is 0.357. The monoisotopic (exact) mass is 488 g/mol. The average molecular weight is 489 g/mol. The summed E-state index contributed by atoms with van der Waals surface area (Å²) < 4.78 is 0. The Bertz CT molecular complexity index is 1120. The number of aryl methyl sites for hydroxylation is 1. The molecule has 0 N–H and O–H groups in total. The summed E-state index contributed by atoms with van der Waals surface area (Å²) >= 11 is 1.39. The number of hydrogen-bond acceptors (Lipinski definition) is 5. The van der Waals surface area contributed by atoms with Crippen molar-refractivity contribution in [1.82, 2.24) is 20.0 Å². The number of hydrogen-bond donors (Lipinski definition) is 0. The van der Waals surface area contributed by atoms with E-state index in [2.05, 4.69) is 29.3 Å². The summed E-state index contributed by atoms with van der Waals surface area (Å²) in [7, 11) is 0. The third-order valence-electron chi connectivity index (χ3n) is 6.31. The van der Waals surface area contributed by atoms with Crippen LogP contribution >= 0.6 is 11.8 Å². The maximum absolute atomic E-state index is 13.1. The highest BCUT2D eigenvalue weighted by atomic mass is 32.2. The van der Waals surface area contributed by atoms with Gasteiger partial charge in [0.05, 0.1) is 11.4 Å². The van der Waals surface area contributed by atoms with Gasteiger partial charge in [0.15, 0.2) is 0 Å². The maximum Gasteiger partial charge on any atom is 0.254 e. The molecule has 0 saturated carbocycles. The smallest absolute Gasteiger partial charge is 0.254 e. The fourth-order valence-corrected chi connectivity index (χ4v) is 4.95. The minimum absolute atomic E-state index is 0.0325. The van der Waals surface area contributed by atoms with E-state index in [-0.39, 0.29) is 17.9 Å². The van der Waals surface area contributed by atoms with Crippen LogP contribution in [0.15, 0.2) is 71.8 Å². The maximum atomic E-state index is 13.1. The van der Waals surface area contributed by atoms with Crippen LogP contribution in [0.25, 0.3) is 11.3 Å². The summed E-state index contributed by atoms with van der Waals surface area (Å²) in [6.07, 6.45) is 3.36. The normalized spacial score (nSPS) is 15.8. The van der Waals surface area contributed by atoms with E-state index in [0.29, 0.717) is 31.0 Å². The molecular weight excluding hydrogens is 456 g/mol. The Kier molecular flexibility index (Phi) is 8.53. The summed E-state index contributed by atoms with van der Waals surface area (Å²) in [5, 5.41) is 9.28. The van der Waals surface area contributed by atoms with Crippen LogP contribution in [0.2, 0.25) is 0 Å². The highest BCUT2D eigenvalue weighted by Crippen LogP contribution is 2.21. The van der Waals surface area contributed by atoms with E-state index >= 15 is 0 Å². The van der Waals surface area contributed by atoms with Crippen molar-refractivity contribution in [2.24, 2.45) is 0 Å². The fourth-order valence-electron chi connectivity index (χ4n) is 4.23. The Labute approximate surface area is 211 Å². The van der Waals surface area contributed by atoms with Gasteiger partial charge in [0.1, 0.15) is 5.03 Å². The van der Waals surface area contributed by atoms with Crippen LogP contribution in [0.3, 0.4) is 0 Å². The van der Waals surface area contributed by atoms with Gasteiger partial charge < -0.3 is 9.80 Å². The second-order valence-corrected chi connectivity index (χ2v) is 9.89. The number of unbranched alkanes of at least 4 members (excludes halogenated alkanes) is 1. The van der Waals surface area contributed by atoms with Crippen molar-refractivity contribution in [3.8, 4) is 11.3 Å². The lowest BCUT2D eigenvalue weighted by atomic mass is 10.0. The zero-order valence-electron chi connectivity index (χ0n) is 20.4. The molecule has 2 aromatic carbocycles. The average Bonchev–Trinajstić information content (AvgIpc) is 2.91. The Morgan fingerprint density at radius 3 is 2.40 bits per heavy atom. The second kappa shape index (κ2) is 12.0. The molecule has 1 fully saturated rings. The molecule has 35 heavy (non-hydrogen) atoms. The lowest BCUT2D eigenvalue weighted by Crippen LogP contribution is -2.55. The first-order valence-electron chi connectivity index (χ1n) is 12.2. The van der Waals surface area contributed by atoms with Gasteiger partial charge in [0.2, 0.25) is 5.91 Å². The molecule has 0 spiro atoms. The number of benzene rings is 2. The summed E-state index contributed by atoms with van der Waals surface area (Å²) in [6.45, 7) is 5.81. The van der Waals surface area contributed by atoms with E-state index in [1.807, 2.05) is 71.3 Å². The van der Waals surface area contributed by atoms with Crippen molar-refractivity contribution < 1.29 is 9.59 Å². The largest absolute Gasteiger partial charge is 0.338 e. The Hall–Kier alpha value is -3.19. The molecule has 1 aliphatic heterocycles. The van der Waals surface area contributed by atoms with Gasteiger partial charge in [-0.2, -0.15) is 0 Å². The van der Waals surface area contributed by atoms with Gasteiger partial charge in [0.25, 0.3) is 5.91 Å². The molecule has 6 nitrogen and oxygen atoms in total. The van der Waals surface area contributed by atoms with E-state index in [4.69, 9.17) is 0 Å². The predicted molar refractivity (Wildman–Crippen MR) is 140 cm³/mol. The molecule has 1 atom stereocenters. The van der Waals surface area contributed by atoms with Crippen LogP contribution in [0, 0.1) is 0 Å². The van der Waals surface area contributed by atoms with Crippen LogP contribution in [0.5, 0.6) is 0 Å². The highest BCUT2D eigenvalue weighted by Gasteiger charge is 2.30. The quantitative estimate of drug-likeness (QED) is 0.420. The molecule has 0 bridgehead atoms. The number of piperazine rings is 1. The van der Waals surface area contributed by atoms with Crippen molar-refractivity contribution in [3.05, 3.63) is 77.9 Å². The number of carbonyl (C=O) groups is 2. The first kappa shape index (κ1) is 24.9. The van der Waals surface area contributed by atoms with Crippen molar-refractivity contribution in [2.75, 3.05) is 25.4 Å². The van der Waals surface area contributed by atoms with Gasteiger partial charge in [-0.15, -0.1) is 10.2 Å². The molecule has 1 aliphatic rings. The SMILES string of the molecule is CCCCc1ccc(C(=O)N2CCN(C(=O)CSc3ccc(-c4ccccc4)nn3)CC2C)cc1. The lowest BCUT2D eigenvalue weighted by molar-refractivity contribution is -0.130. The summed E-state index contributed by atoms with van der Waals surface area (Å²) in [6, 6.07) is 21.7. The third-order valence-corrected chi connectivity index (χ3v) is 7.22. The Morgan fingerprint density at radius 1 is 0.971 bits per heavy atom. The minimum Gasteiger partial charge on any atom is -0.338 e. The van der Waals surface area contributed by atoms with E-state index in [1.54, 1.807) is 0 Å². The second-order valence-electron chi connectivity index (χ2n) is 8.90. The summed E-state index contributed by atoms with van der Waals surface area (Å²) in [5.41, 5.74) is 3.81. The molecule has 0 aliphatic carbocycles. The van der Waals surface area contributed by atoms with E-state index in [1.165, 1.54) is 17.3 Å². The minimum atomic E-state index is -0.0325. The number of thioether (sulfide) groups is 1. The summed E-state index contributed by atoms with van der Waals surface area (Å²) in [5.74, 6) is 0.400. The van der Waals surface area contributed by atoms with Gasteiger partial charge in [-0.25, -0.2) is 0 Å². The number of nitrogens with zero attached hydrogens (tertiary/aromatic N) is 4. The van der Waals surface area contributed by atoms with Crippen LogP contribution < -0.4 is 0 Å². The van der Waals surface area contributed by atoms with Crippen molar-refractivity contribution in [2.45, 2.75) is 44.2 Å². The first-order chi connectivity index (χ1) is 17.0. The van der Waals surface area contributed by atoms with Gasteiger partial charge in [-0.3, -0.25) is 9.59 Å². The van der Waals surface area contributed by atoms with Gasteiger partial charge in [-0.1, -0.05) is 67.6 Å². The Morgan fingerprint density at radius 2 is 1.74 bits per heavy atom. The van der Waals surface area contributed by atoms with E-state index < -0.39 is 0 Å². The molecule has 7 heteroatoms. The van der Waals surface area contributed by atoms with Crippen LogP contribution in [-0.2, 0) is 11.2 Å². The van der Waals surface area contributed by atoms with Gasteiger partial charge in [0, 0.05) is 36.8 Å². The van der Waals surface area contributed by atoms with Gasteiger partial charge >= 0.3 is 0 Å². The number of amides is 2. The first-order valence-corrected chi connectivity index (χ1v) is 13.2. The molecule has 4 rings (SSSR count). The molecule has 3 aromatic rings. The lowest BCUT2D eigenvalue weighted by Gasteiger charge is -2.40. The van der Waals surface area contributed by atoms with Crippen molar-refractivity contribution in [1.29, 1.82) is 0 Å². The molecule has 0 radical (unpaired) electrons. The van der Waals surface area contributed by atoms with E-state index in [9.17, 15) is 9.59 Å². The van der Waals surface area contributed by atoms with Crippen molar-refractivity contribution in [3.63, 3.8) is 0 Å². The molecule has 182 valence electrons. The van der Waals surface area contributed by atoms with Crippen LogP contribution in [-0.4, -0.2) is 63.2 Å². The number of carbonyl (C=O) groups excluding carboxylic acids is 2. The third kappa shape index (κ3) is 6.48. The standard InChI is InChI=1S/C28H32N4O2S/c1-3-4-8-22-11-13-24(14-12-22)28(34)32-18-17-31(19-21(32)2)27(33)20-35-26-16-15-25(29-30-26)23-9-6-5-7-10-23/h5-7,9-16,21H,3-4,8,17-20H2,1-2H3. The zero-order chi connectivity index (χ0) is 24.6. The molecule has 1 saturated heterocycles. The van der Waals surface area contributed by atoms with Crippen LogP contribution in [0.4, 0.5) is 0 Å². The molecule has 2 amide bonds. The Balaban J connectivity index is 1.27. The van der Waals surface area contributed by atoms with Crippen LogP contribution in [0.1, 0.15) is 42.6 Å². The number of aromatic nitrogens is 2. The molecule has 2 heterocycles. The van der Waals surface area contributed by atoms with E-state index in [0.717, 1.165) is 35.5 Å². The predicted octanol–water partition coefficient (Wildman–Crippen LogP) is 4.95. The molecular formula is C28H32N4O2S. The topological polar surface area (TPSA) is 66.4 Å².